The predicted octanol–water partition coefficient (Wildman–Crippen LogP) is 1.99. The second-order valence-corrected chi connectivity index (χ2v) is 3.59. The number of alkyl halides is 1. The van der Waals surface area contributed by atoms with Crippen molar-refractivity contribution in [3.8, 4) is 5.75 Å². The Balaban J connectivity index is 2.71. The third kappa shape index (κ3) is 3.36. The van der Waals surface area contributed by atoms with E-state index in [-0.39, 0.29) is 12.4 Å². The van der Waals surface area contributed by atoms with E-state index in [1.54, 1.807) is 37.5 Å². The Morgan fingerprint density at radius 2 is 2.07 bits per heavy atom. The van der Waals surface area contributed by atoms with Crippen molar-refractivity contribution in [3.63, 3.8) is 0 Å². The summed E-state index contributed by atoms with van der Waals surface area (Å²) in [5.74, 6) is 0.391. The molecule has 15 heavy (non-hydrogen) atoms. The first-order valence-electron chi connectivity index (χ1n) is 4.41. The first kappa shape index (κ1) is 11.7. The zero-order chi connectivity index (χ0) is 11.3. The van der Waals surface area contributed by atoms with E-state index in [1.807, 2.05) is 0 Å². The molecule has 0 saturated carbocycles. The average Bonchev–Trinajstić information content (AvgIpc) is 2.26. The molecule has 0 aromatic heterocycles. The fraction of sp³-hybridized carbons (Fsp3) is 0.273. The number of ether oxygens (including phenoxy) is 1. The number of rotatable bonds is 5. The summed E-state index contributed by atoms with van der Waals surface area (Å²) in [5.41, 5.74) is 0.528. The summed E-state index contributed by atoms with van der Waals surface area (Å²) in [4.78, 5) is 21.4. The Morgan fingerprint density at radius 1 is 1.47 bits per heavy atom. The summed E-state index contributed by atoms with van der Waals surface area (Å²) in [6.07, 6.45) is 1.61. The standard InChI is InChI=1S/C11H10ClO3/c1-8(12)11(14)9-2-4-10(5-3-9)15-7-6-13/h2-5,8H,7H2,1H3. The topological polar surface area (TPSA) is 43.4 Å². The molecule has 0 heterocycles. The van der Waals surface area contributed by atoms with Crippen molar-refractivity contribution in [2.45, 2.75) is 12.3 Å². The van der Waals surface area contributed by atoms with Crippen molar-refractivity contribution >= 4 is 23.7 Å². The number of hydrogen-bond acceptors (Lipinski definition) is 3. The van der Waals surface area contributed by atoms with Crippen LogP contribution in [0.1, 0.15) is 17.3 Å². The van der Waals surface area contributed by atoms with E-state index in [1.165, 1.54) is 0 Å². The molecule has 1 unspecified atom stereocenters. The normalized spacial score (nSPS) is 11.9. The molecule has 0 fully saturated rings. The van der Waals surface area contributed by atoms with Gasteiger partial charge in [-0.2, -0.15) is 0 Å². The summed E-state index contributed by atoms with van der Waals surface area (Å²) in [6.45, 7) is 1.51. The highest BCUT2D eigenvalue weighted by molar-refractivity contribution is 6.33. The van der Waals surface area contributed by atoms with Gasteiger partial charge in [-0.05, 0) is 31.2 Å². The maximum Gasteiger partial charge on any atom is 0.239 e. The fourth-order valence-corrected chi connectivity index (χ4v) is 1.18. The van der Waals surface area contributed by atoms with Gasteiger partial charge in [0.15, 0.2) is 12.4 Å². The predicted molar refractivity (Wildman–Crippen MR) is 57.3 cm³/mol. The molecular formula is C11H10ClO3. The van der Waals surface area contributed by atoms with Crippen LogP contribution in [-0.4, -0.2) is 24.1 Å². The Kier molecular flexibility index (Phi) is 4.31. The van der Waals surface area contributed by atoms with Gasteiger partial charge in [0.05, 0.1) is 5.38 Å². The number of carbonyl (C=O) groups is 1. The Morgan fingerprint density at radius 3 is 2.53 bits per heavy atom. The van der Waals surface area contributed by atoms with Crippen LogP contribution >= 0.6 is 11.6 Å². The van der Waals surface area contributed by atoms with Gasteiger partial charge < -0.3 is 4.74 Å². The molecule has 0 spiro atoms. The zero-order valence-corrected chi connectivity index (χ0v) is 8.95. The SMILES string of the molecule is CC(Cl)C(=O)c1ccc(OC[C]=O)cc1. The Hall–Kier alpha value is -1.35. The van der Waals surface area contributed by atoms with Crippen LogP contribution in [0.15, 0.2) is 24.3 Å². The number of hydrogen-bond donors (Lipinski definition) is 0. The molecule has 1 aromatic rings. The lowest BCUT2D eigenvalue weighted by atomic mass is 10.1. The van der Waals surface area contributed by atoms with Gasteiger partial charge in [-0.15, -0.1) is 11.6 Å². The number of Topliss-reactive ketones (excluding diaryl/α,β-unsaturated/α-hetero) is 1. The number of benzene rings is 1. The van der Waals surface area contributed by atoms with Crippen LogP contribution in [0.5, 0.6) is 5.75 Å². The summed E-state index contributed by atoms with van der Waals surface area (Å²) < 4.78 is 4.98. The lowest BCUT2D eigenvalue weighted by molar-refractivity contribution is 0.0991. The van der Waals surface area contributed by atoms with Crippen LogP contribution in [0.4, 0.5) is 0 Å². The van der Waals surface area contributed by atoms with Crippen LogP contribution in [0.25, 0.3) is 0 Å². The fourth-order valence-electron chi connectivity index (χ4n) is 1.06. The van der Waals surface area contributed by atoms with E-state index < -0.39 is 5.38 Å². The van der Waals surface area contributed by atoms with E-state index >= 15 is 0 Å². The van der Waals surface area contributed by atoms with E-state index in [0.29, 0.717) is 11.3 Å². The minimum Gasteiger partial charge on any atom is -0.485 e. The monoisotopic (exact) mass is 225 g/mol. The van der Waals surface area contributed by atoms with Gasteiger partial charge in [0.1, 0.15) is 5.75 Å². The molecule has 0 aliphatic rings. The second-order valence-electron chi connectivity index (χ2n) is 2.94. The van der Waals surface area contributed by atoms with Crippen molar-refractivity contribution < 1.29 is 14.3 Å². The van der Waals surface area contributed by atoms with Crippen molar-refractivity contribution in [3.05, 3.63) is 29.8 Å². The lowest BCUT2D eigenvalue weighted by Crippen LogP contribution is -2.10. The van der Waals surface area contributed by atoms with Crippen molar-refractivity contribution in [2.75, 3.05) is 6.61 Å². The Labute approximate surface area is 93.0 Å². The molecule has 0 aliphatic carbocycles. The van der Waals surface area contributed by atoms with Gasteiger partial charge in [0.25, 0.3) is 0 Å². The molecule has 1 rings (SSSR count). The van der Waals surface area contributed by atoms with E-state index in [0.717, 1.165) is 0 Å². The molecule has 1 radical (unpaired) electrons. The molecule has 1 atom stereocenters. The van der Waals surface area contributed by atoms with E-state index in [4.69, 9.17) is 16.3 Å². The highest BCUT2D eigenvalue weighted by Crippen LogP contribution is 2.14. The quantitative estimate of drug-likeness (QED) is 0.569. The summed E-state index contributed by atoms with van der Waals surface area (Å²) >= 11 is 5.65. The molecule has 4 heteroatoms. The van der Waals surface area contributed by atoms with Gasteiger partial charge in [-0.1, -0.05) is 0 Å². The van der Waals surface area contributed by atoms with Crippen molar-refractivity contribution in [1.29, 1.82) is 0 Å². The molecular weight excluding hydrogens is 216 g/mol. The van der Waals surface area contributed by atoms with Gasteiger partial charge in [-0.3, -0.25) is 9.59 Å². The van der Waals surface area contributed by atoms with Crippen LogP contribution in [0.3, 0.4) is 0 Å². The third-order valence-corrected chi connectivity index (χ3v) is 2.00. The molecule has 0 N–H and O–H groups in total. The molecule has 1 aromatic carbocycles. The van der Waals surface area contributed by atoms with E-state index in [9.17, 15) is 9.59 Å². The summed E-state index contributed by atoms with van der Waals surface area (Å²) in [5, 5.41) is -0.542. The van der Waals surface area contributed by atoms with Crippen LogP contribution < -0.4 is 4.74 Å². The highest BCUT2D eigenvalue weighted by Gasteiger charge is 2.11. The molecule has 0 bridgehead atoms. The molecule has 79 valence electrons. The minimum absolute atomic E-state index is 0.112. The first-order chi connectivity index (χ1) is 7.15. The second kappa shape index (κ2) is 5.51. The third-order valence-electron chi connectivity index (χ3n) is 1.80. The molecule has 0 aliphatic heterocycles. The van der Waals surface area contributed by atoms with Gasteiger partial charge in [0, 0.05) is 5.56 Å². The Bertz CT molecular complexity index is 343. The van der Waals surface area contributed by atoms with Crippen molar-refractivity contribution in [1.82, 2.24) is 0 Å². The van der Waals surface area contributed by atoms with Crippen LogP contribution in [0, 0.1) is 0 Å². The van der Waals surface area contributed by atoms with Crippen molar-refractivity contribution in [2.24, 2.45) is 0 Å². The number of carbonyl (C=O) groups excluding carboxylic acids is 2. The summed E-state index contributed by atoms with van der Waals surface area (Å²) in [7, 11) is 0. The van der Waals surface area contributed by atoms with Gasteiger partial charge in [0.2, 0.25) is 6.29 Å². The van der Waals surface area contributed by atoms with Crippen LogP contribution in [-0.2, 0) is 4.79 Å². The molecule has 3 nitrogen and oxygen atoms in total. The van der Waals surface area contributed by atoms with E-state index in [2.05, 4.69) is 0 Å². The number of halogens is 1. The number of ketones is 1. The summed E-state index contributed by atoms with van der Waals surface area (Å²) in [6, 6.07) is 6.45. The van der Waals surface area contributed by atoms with Crippen LogP contribution in [0.2, 0.25) is 0 Å². The molecule has 0 amide bonds. The largest absolute Gasteiger partial charge is 0.485 e. The average molecular weight is 226 g/mol. The maximum atomic E-state index is 11.4. The maximum absolute atomic E-state index is 11.4. The zero-order valence-electron chi connectivity index (χ0n) is 8.20. The highest BCUT2D eigenvalue weighted by atomic mass is 35.5. The smallest absolute Gasteiger partial charge is 0.239 e. The van der Waals surface area contributed by atoms with Gasteiger partial charge in [-0.25, -0.2) is 0 Å². The molecule has 0 saturated heterocycles. The lowest BCUT2D eigenvalue weighted by Gasteiger charge is -2.04. The minimum atomic E-state index is -0.542. The van der Waals surface area contributed by atoms with Gasteiger partial charge >= 0.3 is 0 Å². The first-order valence-corrected chi connectivity index (χ1v) is 4.85.